The van der Waals surface area contributed by atoms with Gasteiger partial charge in [0.2, 0.25) is 0 Å². The predicted octanol–water partition coefficient (Wildman–Crippen LogP) is 0.974. The molecule has 1 aromatic carbocycles. The van der Waals surface area contributed by atoms with Crippen molar-refractivity contribution in [3.05, 3.63) is 35.1 Å². The van der Waals surface area contributed by atoms with Crippen LogP contribution in [0.3, 0.4) is 0 Å². The van der Waals surface area contributed by atoms with Gasteiger partial charge in [0.25, 0.3) is 0 Å². The summed E-state index contributed by atoms with van der Waals surface area (Å²) < 4.78 is 13.2. The Balaban J connectivity index is 2.96. The third kappa shape index (κ3) is 3.04. The van der Waals surface area contributed by atoms with E-state index in [2.05, 4.69) is 28.7 Å². The normalized spacial score (nSPS) is 9.87. The fourth-order valence-electron chi connectivity index (χ4n) is 0.966. The zero-order valence-corrected chi connectivity index (χ0v) is 8.51. The second kappa shape index (κ2) is 5.08. The highest BCUT2D eigenvalue weighted by molar-refractivity contribution is 7.80. The number of hydrogen-bond donors (Lipinski definition) is 2. The van der Waals surface area contributed by atoms with Crippen LogP contribution < -0.4 is 11.2 Å². The highest BCUT2D eigenvalue weighted by Crippen LogP contribution is 2.09. The molecule has 0 fully saturated rings. The number of halogens is 1. The Hall–Kier alpha value is -1.93. The quantitative estimate of drug-likeness (QED) is 0.339. The number of terminal acetylenes is 1. The summed E-state index contributed by atoms with van der Waals surface area (Å²) in [7, 11) is 0. The molecule has 0 heterocycles. The molecular weight excluding hydrogens is 213 g/mol. The summed E-state index contributed by atoms with van der Waals surface area (Å²) in [6, 6.07) is 4.47. The van der Waals surface area contributed by atoms with Crippen molar-refractivity contribution in [1.82, 2.24) is 5.43 Å². The van der Waals surface area contributed by atoms with E-state index >= 15 is 0 Å². The first kappa shape index (κ1) is 11.1. The topological polar surface area (TPSA) is 50.4 Å². The van der Waals surface area contributed by atoms with Crippen LogP contribution in [0.1, 0.15) is 11.1 Å². The molecule has 15 heavy (non-hydrogen) atoms. The molecule has 0 atom stereocenters. The molecule has 0 radical (unpaired) electrons. The number of nitrogens with zero attached hydrogens (tertiary/aromatic N) is 1. The predicted molar refractivity (Wildman–Crippen MR) is 61.9 cm³/mol. The lowest BCUT2D eigenvalue weighted by molar-refractivity contribution is 0.624. The SMILES string of the molecule is C#Cc1c(F)cccc1C=NNC(N)=S. The lowest BCUT2D eigenvalue weighted by atomic mass is 10.1. The highest BCUT2D eigenvalue weighted by Gasteiger charge is 2.02. The van der Waals surface area contributed by atoms with Gasteiger partial charge >= 0.3 is 0 Å². The van der Waals surface area contributed by atoms with E-state index in [0.717, 1.165) is 0 Å². The molecule has 0 bridgehead atoms. The third-order valence-electron chi connectivity index (χ3n) is 1.57. The molecule has 76 valence electrons. The second-order valence-corrected chi connectivity index (χ2v) is 3.02. The van der Waals surface area contributed by atoms with Gasteiger partial charge < -0.3 is 5.73 Å². The van der Waals surface area contributed by atoms with Crippen molar-refractivity contribution >= 4 is 23.5 Å². The van der Waals surface area contributed by atoms with Gasteiger partial charge in [0.15, 0.2) is 5.11 Å². The standard InChI is InChI=1S/C10H8FN3S/c1-2-8-7(4-3-5-9(8)11)6-13-14-10(12)15/h1,3-6H,(H3,12,14,15). The molecule has 0 amide bonds. The first-order chi connectivity index (χ1) is 7.15. The van der Waals surface area contributed by atoms with Crippen molar-refractivity contribution in [3.8, 4) is 12.3 Å². The third-order valence-corrected chi connectivity index (χ3v) is 1.66. The van der Waals surface area contributed by atoms with Crippen LogP contribution in [0.25, 0.3) is 0 Å². The van der Waals surface area contributed by atoms with E-state index in [1.807, 2.05) is 0 Å². The second-order valence-electron chi connectivity index (χ2n) is 2.58. The van der Waals surface area contributed by atoms with Gasteiger partial charge in [-0.15, -0.1) is 6.42 Å². The average Bonchev–Trinajstić information content (AvgIpc) is 2.17. The van der Waals surface area contributed by atoms with E-state index in [1.54, 1.807) is 6.07 Å². The van der Waals surface area contributed by atoms with Crippen LogP contribution >= 0.6 is 12.2 Å². The minimum Gasteiger partial charge on any atom is -0.375 e. The minimum atomic E-state index is -0.461. The molecule has 5 heteroatoms. The Morgan fingerprint density at radius 2 is 2.40 bits per heavy atom. The van der Waals surface area contributed by atoms with E-state index in [-0.39, 0.29) is 10.7 Å². The molecule has 0 spiro atoms. The maximum absolute atomic E-state index is 13.2. The smallest absolute Gasteiger partial charge is 0.184 e. The molecule has 0 saturated carbocycles. The zero-order valence-electron chi connectivity index (χ0n) is 7.70. The first-order valence-corrected chi connectivity index (χ1v) is 4.39. The van der Waals surface area contributed by atoms with Crippen molar-refractivity contribution in [1.29, 1.82) is 0 Å². The monoisotopic (exact) mass is 221 g/mol. The van der Waals surface area contributed by atoms with Crippen molar-refractivity contribution in [3.63, 3.8) is 0 Å². The van der Waals surface area contributed by atoms with E-state index in [1.165, 1.54) is 18.3 Å². The molecule has 3 nitrogen and oxygen atoms in total. The Morgan fingerprint density at radius 1 is 1.67 bits per heavy atom. The van der Waals surface area contributed by atoms with E-state index in [4.69, 9.17) is 12.2 Å². The van der Waals surface area contributed by atoms with Gasteiger partial charge in [-0.3, -0.25) is 5.43 Å². The number of benzene rings is 1. The Morgan fingerprint density at radius 3 is 3.00 bits per heavy atom. The minimum absolute atomic E-state index is 0.0323. The maximum Gasteiger partial charge on any atom is 0.184 e. The van der Waals surface area contributed by atoms with E-state index < -0.39 is 5.82 Å². The fourth-order valence-corrected chi connectivity index (χ4v) is 1.02. The summed E-state index contributed by atoms with van der Waals surface area (Å²) in [6.07, 6.45) is 6.52. The molecule has 0 aromatic heterocycles. The van der Waals surface area contributed by atoms with E-state index in [0.29, 0.717) is 5.56 Å². The maximum atomic E-state index is 13.2. The summed E-state index contributed by atoms with van der Waals surface area (Å²) in [5.74, 6) is 1.78. The number of nitrogens with one attached hydrogen (secondary N) is 1. The Labute approximate surface area is 92.2 Å². The number of hydrogen-bond acceptors (Lipinski definition) is 2. The summed E-state index contributed by atoms with van der Waals surface area (Å²) >= 11 is 4.54. The van der Waals surface area contributed by atoms with E-state index in [9.17, 15) is 4.39 Å². The van der Waals surface area contributed by atoms with Crippen LogP contribution in [0.4, 0.5) is 4.39 Å². The summed E-state index contributed by atoms with van der Waals surface area (Å²) in [6.45, 7) is 0. The molecule has 0 unspecified atom stereocenters. The van der Waals surface area contributed by atoms with Crippen LogP contribution in [-0.2, 0) is 0 Å². The van der Waals surface area contributed by atoms with Crippen molar-refractivity contribution < 1.29 is 4.39 Å². The van der Waals surface area contributed by atoms with Crippen molar-refractivity contribution in [2.24, 2.45) is 10.8 Å². The van der Waals surface area contributed by atoms with Gasteiger partial charge in [-0.05, 0) is 18.3 Å². The molecule has 0 aliphatic heterocycles. The lowest BCUT2D eigenvalue weighted by Gasteiger charge is -1.99. The van der Waals surface area contributed by atoms with Gasteiger partial charge in [0, 0.05) is 5.56 Å². The van der Waals surface area contributed by atoms with Crippen LogP contribution in [0.5, 0.6) is 0 Å². The zero-order chi connectivity index (χ0) is 11.3. The molecule has 1 aromatic rings. The van der Waals surface area contributed by atoms with Gasteiger partial charge in [-0.2, -0.15) is 5.10 Å². The molecule has 3 N–H and O–H groups in total. The number of thiocarbonyl (C=S) groups is 1. The Bertz CT molecular complexity index is 448. The highest BCUT2D eigenvalue weighted by atomic mass is 32.1. The number of hydrazone groups is 1. The summed E-state index contributed by atoms with van der Waals surface area (Å²) in [5, 5.41) is 3.72. The molecular formula is C10H8FN3S. The molecule has 0 saturated heterocycles. The van der Waals surface area contributed by atoms with Gasteiger partial charge in [-0.1, -0.05) is 18.1 Å². The van der Waals surface area contributed by atoms with Crippen LogP contribution in [0, 0.1) is 18.2 Å². The van der Waals surface area contributed by atoms with Crippen molar-refractivity contribution in [2.45, 2.75) is 0 Å². The van der Waals surface area contributed by atoms with Crippen LogP contribution in [0.2, 0.25) is 0 Å². The number of nitrogens with two attached hydrogens (primary N) is 1. The summed E-state index contributed by atoms with van der Waals surface area (Å²) in [4.78, 5) is 0. The van der Waals surface area contributed by atoms with Gasteiger partial charge in [0.1, 0.15) is 5.82 Å². The molecule has 0 aliphatic carbocycles. The largest absolute Gasteiger partial charge is 0.375 e. The van der Waals surface area contributed by atoms with Gasteiger partial charge in [-0.25, -0.2) is 4.39 Å². The fraction of sp³-hybridized carbons (Fsp3) is 0. The lowest BCUT2D eigenvalue weighted by Crippen LogP contribution is -2.24. The first-order valence-electron chi connectivity index (χ1n) is 3.98. The van der Waals surface area contributed by atoms with Crippen molar-refractivity contribution in [2.75, 3.05) is 0 Å². The number of rotatable bonds is 2. The van der Waals surface area contributed by atoms with Crippen LogP contribution in [-0.4, -0.2) is 11.3 Å². The van der Waals surface area contributed by atoms with Crippen LogP contribution in [0.15, 0.2) is 23.3 Å². The molecule has 1 rings (SSSR count). The Kier molecular flexibility index (Phi) is 3.77. The molecule has 0 aliphatic rings. The average molecular weight is 221 g/mol. The summed E-state index contributed by atoms with van der Waals surface area (Å²) in [5.41, 5.74) is 8.15. The van der Waals surface area contributed by atoms with Gasteiger partial charge in [0.05, 0.1) is 11.8 Å².